The number of halogens is 2. The molecule has 0 radical (unpaired) electrons. The average molecular weight is 397 g/mol. The molecule has 1 N–H and O–H groups in total. The van der Waals surface area contributed by atoms with Crippen LogP contribution in [0.5, 0.6) is 17.2 Å². The maximum Gasteiger partial charge on any atom is 0.387 e. The molecule has 0 aliphatic heterocycles. The van der Waals surface area contributed by atoms with Gasteiger partial charge in [0.1, 0.15) is 5.75 Å². The highest BCUT2D eigenvalue weighted by Crippen LogP contribution is 2.29. The summed E-state index contributed by atoms with van der Waals surface area (Å²) in [5.74, 6) is 0.751. The van der Waals surface area contributed by atoms with Crippen LogP contribution in [0.1, 0.15) is 12.5 Å². The van der Waals surface area contributed by atoms with Crippen molar-refractivity contribution in [3.63, 3.8) is 0 Å². The van der Waals surface area contributed by atoms with Gasteiger partial charge in [-0.1, -0.05) is 6.07 Å². The number of benzene rings is 2. The Labute approximate surface area is 161 Å². The van der Waals surface area contributed by atoms with E-state index in [1.165, 1.54) is 24.9 Å². The van der Waals surface area contributed by atoms with E-state index >= 15 is 0 Å². The van der Waals surface area contributed by atoms with Crippen molar-refractivity contribution in [2.75, 3.05) is 14.2 Å². The maximum absolute atomic E-state index is 12.4. The van der Waals surface area contributed by atoms with Crippen LogP contribution >= 0.6 is 11.8 Å². The van der Waals surface area contributed by atoms with Gasteiger partial charge in [0.15, 0.2) is 11.5 Å². The molecule has 2 aromatic carbocycles. The van der Waals surface area contributed by atoms with Gasteiger partial charge < -0.3 is 19.5 Å². The van der Waals surface area contributed by atoms with Crippen LogP contribution in [0.15, 0.2) is 47.4 Å². The van der Waals surface area contributed by atoms with Crippen molar-refractivity contribution < 1.29 is 27.8 Å². The zero-order valence-corrected chi connectivity index (χ0v) is 16.0. The predicted molar refractivity (Wildman–Crippen MR) is 99.8 cm³/mol. The number of carbonyl (C=O) groups is 1. The van der Waals surface area contributed by atoms with Gasteiger partial charge in [0.25, 0.3) is 0 Å². The average Bonchev–Trinajstić information content (AvgIpc) is 2.67. The number of ether oxygens (including phenoxy) is 3. The van der Waals surface area contributed by atoms with Crippen molar-refractivity contribution in [2.24, 2.45) is 0 Å². The first-order chi connectivity index (χ1) is 12.9. The van der Waals surface area contributed by atoms with Crippen LogP contribution in [0.25, 0.3) is 0 Å². The third kappa shape index (κ3) is 6.32. The Morgan fingerprint density at radius 1 is 1.07 bits per heavy atom. The molecule has 0 fully saturated rings. The van der Waals surface area contributed by atoms with E-state index in [0.29, 0.717) is 5.56 Å². The first-order valence-electron chi connectivity index (χ1n) is 8.13. The number of carbonyl (C=O) groups excluding carboxylic acids is 1. The van der Waals surface area contributed by atoms with Gasteiger partial charge in [-0.25, -0.2) is 0 Å². The molecule has 8 heteroatoms. The first kappa shape index (κ1) is 20.8. The van der Waals surface area contributed by atoms with Gasteiger partial charge in [0, 0.05) is 11.4 Å². The molecule has 0 bridgehead atoms. The Morgan fingerprint density at radius 3 is 2.37 bits per heavy atom. The molecule has 0 aliphatic carbocycles. The number of methoxy groups -OCH3 is 2. The lowest BCUT2D eigenvalue weighted by atomic mass is 10.2. The van der Waals surface area contributed by atoms with Crippen LogP contribution in [0, 0.1) is 0 Å². The summed E-state index contributed by atoms with van der Waals surface area (Å²) in [6.07, 6.45) is 0. The van der Waals surface area contributed by atoms with E-state index in [1.54, 1.807) is 19.2 Å². The smallest absolute Gasteiger partial charge is 0.387 e. The Hall–Kier alpha value is -2.48. The minimum absolute atomic E-state index is 0.0500. The fourth-order valence-electron chi connectivity index (χ4n) is 2.26. The van der Waals surface area contributed by atoms with Crippen molar-refractivity contribution in [1.29, 1.82) is 0 Å². The Morgan fingerprint density at radius 2 is 1.78 bits per heavy atom. The second-order valence-electron chi connectivity index (χ2n) is 5.52. The van der Waals surface area contributed by atoms with Gasteiger partial charge in [-0.05, 0) is 48.9 Å². The molecule has 0 heterocycles. The molecule has 0 aliphatic rings. The predicted octanol–water partition coefficient (Wildman–Crippen LogP) is 4.10. The summed E-state index contributed by atoms with van der Waals surface area (Å²) in [6, 6.07) is 12.0. The van der Waals surface area contributed by atoms with Crippen molar-refractivity contribution in [2.45, 2.75) is 30.2 Å². The van der Waals surface area contributed by atoms with Gasteiger partial charge in [0.2, 0.25) is 5.91 Å². The molecule has 5 nitrogen and oxygen atoms in total. The minimum atomic E-state index is -2.93. The Bertz CT molecular complexity index is 756. The molecule has 146 valence electrons. The molecule has 0 saturated heterocycles. The van der Waals surface area contributed by atoms with Crippen LogP contribution in [0.2, 0.25) is 0 Å². The van der Waals surface area contributed by atoms with E-state index in [9.17, 15) is 13.6 Å². The molecule has 2 aromatic rings. The van der Waals surface area contributed by atoms with Crippen LogP contribution in [-0.2, 0) is 11.3 Å². The third-order valence-corrected chi connectivity index (χ3v) is 4.76. The molecule has 1 amide bonds. The lowest BCUT2D eigenvalue weighted by Gasteiger charge is -2.14. The number of hydrogen-bond donors (Lipinski definition) is 1. The topological polar surface area (TPSA) is 56.8 Å². The van der Waals surface area contributed by atoms with Crippen LogP contribution < -0.4 is 19.5 Å². The number of alkyl halides is 2. The molecule has 27 heavy (non-hydrogen) atoms. The Balaban J connectivity index is 1.91. The normalized spacial score (nSPS) is 11.8. The Kier molecular flexibility index (Phi) is 7.72. The fourth-order valence-corrected chi connectivity index (χ4v) is 3.15. The zero-order valence-electron chi connectivity index (χ0n) is 15.2. The second-order valence-corrected chi connectivity index (χ2v) is 6.93. The third-order valence-electron chi connectivity index (χ3n) is 3.65. The van der Waals surface area contributed by atoms with E-state index in [4.69, 9.17) is 9.47 Å². The molecule has 0 unspecified atom stereocenters. The van der Waals surface area contributed by atoms with E-state index in [1.807, 2.05) is 31.2 Å². The number of thioether (sulfide) groups is 1. The highest BCUT2D eigenvalue weighted by Gasteiger charge is 2.15. The van der Waals surface area contributed by atoms with Crippen LogP contribution in [0.4, 0.5) is 8.78 Å². The summed E-state index contributed by atoms with van der Waals surface area (Å²) >= 11 is 1.43. The molecule has 0 aromatic heterocycles. The van der Waals surface area contributed by atoms with Gasteiger partial charge >= 0.3 is 6.61 Å². The summed E-state index contributed by atoms with van der Waals surface area (Å²) in [6.45, 7) is -0.873. The van der Waals surface area contributed by atoms with Crippen molar-refractivity contribution in [1.82, 2.24) is 5.32 Å². The van der Waals surface area contributed by atoms with Crippen molar-refractivity contribution >= 4 is 17.7 Å². The van der Waals surface area contributed by atoms with E-state index in [2.05, 4.69) is 10.1 Å². The number of rotatable bonds is 9. The minimum Gasteiger partial charge on any atom is -0.497 e. The highest BCUT2D eigenvalue weighted by molar-refractivity contribution is 8.00. The largest absolute Gasteiger partial charge is 0.497 e. The lowest BCUT2D eigenvalue weighted by molar-refractivity contribution is -0.120. The van der Waals surface area contributed by atoms with Gasteiger partial charge in [-0.3, -0.25) is 4.79 Å². The zero-order chi connectivity index (χ0) is 19.8. The quantitative estimate of drug-likeness (QED) is 0.646. The number of hydrogen-bond acceptors (Lipinski definition) is 5. The van der Waals surface area contributed by atoms with Crippen LogP contribution in [-0.4, -0.2) is 32.0 Å². The SMILES string of the molecule is COc1ccc(S[C@@H](C)C(=O)NCc2ccc(OC(F)F)c(OC)c2)cc1. The molecule has 2 rings (SSSR count). The fraction of sp³-hybridized carbons (Fsp3) is 0.316. The maximum atomic E-state index is 12.4. The monoisotopic (exact) mass is 397 g/mol. The van der Waals surface area contributed by atoms with Crippen molar-refractivity contribution in [3.05, 3.63) is 48.0 Å². The highest BCUT2D eigenvalue weighted by atomic mass is 32.2. The number of amides is 1. The molecular formula is C19H21F2NO4S. The molecule has 1 atom stereocenters. The standard InChI is InChI=1S/C19H21F2NO4S/c1-12(27-15-7-5-14(24-2)6-8-15)18(23)22-11-13-4-9-16(26-19(20)21)17(10-13)25-3/h4-10,12,19H,11H2,1-3H3,(H,22,23)/t12-/m0/s1. The summed E-state index contributed by atoms with van der Waals surface area (Å²) in [5.41, 5.74) is 0.712. The molecule has 0 spiro atoms. The summed E-state index contributed by atoms with van der Waals surface area (Å²) in [7, 11) is 2.96. The van der Waals surface area contributed by atoms with E-state index in [-0.39, 0.29) is 29.2 Å². The first-order valence-corrected chi connectivity index (χ1v) is 9.01. The number of nitrogens with one attached hydrogen (secondary N) is 1. The summed E-state index contributed by atoms with van der Waals surface area (Å²) < 4.78 is 39.3. The van der Waals surface area contributed by atoms with Crippen molar-refractivity contribution in [3.8, 4) is 17.2 Å². The van der Waals surface area contributed by atoms with Gasteiger partial charge in [-0.15, -0.1) is 11.8 Å². The molecule has 0 saturated carbocycles. The second kappa shape index (κ2) is 10.0. The van der Waals surface area contributed by atoms with Crippen LogP contribution in [0.3, 0.4) is 0 Å². The lowest BCUT2D eigenvalue weighted by Crippen LogP contribution is -2.30. The van der Waals surface area contributed by atoms with E-state index < -0.39 is 6.61 Å². The van der Waals surface area contributed by atoms with Gasteiger partial charge in [-0.2, -0.15) is 8.78 Å². The molecular weight excluding hydrogens is 376 g/mol. The summed E-state index contributed by atoms with van der Waals surface area (Å²) in [5, 5.41) is 2.52. The van der Waals surface area contributed by atoms with Gasteiger partial charge in [0.05, 0.1) is 19.5 Å². The summed E-state index contributed by atoms with van der Waals surface area (Å²) in [4.78, 5) is 13.3. The van der Waals surface area contributed by atoms with E-state index in [0.717, 1.165) is 10.6 Å².